The van der Waals surface area contributed by atoms with Gasteiger partial charge >= 0.3 is 0 Å². The van der Waals surface area contributed by atoms with Crippen LogP contribution in [0.4, 0.5) is 0 Å². The van der Waals surface area contributed by atoms with E-state index in [4.69, 9.17) is 0 Å². The molecular weight excluding hydrogens is 282 g/mol. The summed E-state index contributed by atoms with van der Waals surface area (Å²) in [6.45, 7) is 3.02. The second-order valence-electron chi connectivity index (χ2n) is 4.39. The van der Waals surface area contributed by atoms with Gasteiger partial charge in [-0.2, -0.15) is 0 Å². The molecule has 1 aliphatic heterocycles. The maximum Gasteiger partial charge on any atom is 0.169 e. The molecule has 3 heterocycles. The number of fused-ring (bicyclic) bond motifs is 1. The average molecular weight is 296 g/mol. The van der Waals surface area contributed by atoms with Crippen LogP contribution in [0, 0.1) is 0 Å². The summed E-state index contributed by atoms with van der Waals surface area (Å²) >= 11 is 3.44. The van der Waals surface area contributed by atoms with Gasteiger partial charge in [0, 0.05) is 30.3 Å². The highest BCUT2D eigenvalue weighted by molar-refractivity contribution is 9.10. The molecule has 0 aliphatic carbocycles. The van der Waals surface area contributed by atoms with Gasteiger partial charge in [-0.3, -0.25) is 0 Å². The van der Waals surface area contributed by atoms with Crippen molar-refractivity contribution in [2.75, 3.05) is 26.7 Å². The fraction of sp³-hybridized carbons (Fsp3) is 0.455. The van der Waals surface area contributed by atoms with Crippen molar-refractivity contribution in [2.45, 2.75) is 6.04 Å². The highest BCUT2D eigenvalue weighted by Crippen LogP contribution is 2.16. The predicted octanol–water partition coefficient (Wildman–Crippen LogP) is 1.07. The van der Waals surface area contributed by atoms with E-state index in [-0.39, 0.29) is 6.04 Å². The van der Waals surface area contributed by atoms with Gasteiger partial charge in [0.2, 0.25) is 0 Å². The van der Waals surface area contributed by atoms with E-state index in [9.17, 15) is 0 Å². The van der Waals surface area contributed by atoms with Gasteiger partial charge in [-0.05, 0) is 19.2 Å². The van der Waals surface area contributed by atoms with Crippen LogP contribution >= 0.6 is 15.9 Å². The second-order valence-corrected chi connectivity index (χ2v) is 5.30. The van der Waals surface area contributed by atoms with Crippen molar-refractivity contribution in [3.05, 3.63) is 28.6 Å². The Balaban J connectivity index is 1.94. The minimum atomic E-state index is 0.229. The van der Waals surface area contributed by atoms with Crippen molar-refractivity contribution in [1.82, 2.24) is 24.8 Å². The molecule has 5 nitrogen and oxygen atoms in total. The van der Waals surface area contributed by atoms with Gasteiger partial charge in [0.05, 0.1) is 6.04 Å². The number of pyridine rings is 1. The molecule has 1 unspecified atom stereocenters. The Bertz CT molecular complexity index is 538. The van der Waals surface area contributed by atoms with Gasteiger partial charge < -0.3 is 10.2 Å². The summed E-state index contributed by atoms with van der Waals surface area (Å²) in [5, 5.41) is 7.96. The summed E-state index contributed by atoms with van der Waals surface area (Å²) in [7, 11) is 2.13. The van der Waals surface area contributed by atoms with Crippen molar-refractivity contribution in [3.63, 3.8) is 0 Å². The first-order valence-corrected chi connectivity index (χ1v) is 6.45. The molecule has 0 radical (unpaired) electrons. The molecule has 90 valence electrons. The van der Waals surface area contributed by atoms with Gasteiger partial charge in [0.1, 0.15) is 0 Å². The van der Waals surface area contributed by atoms with Crippen LogP contribution in [0.15, 0.2) is 22.8 Å². The van der Waals surface area contributed by atoms with Crippen LogP contribution in [0.3, 0.4) is 0 Å². The fourth-order valence-corrected chi connectivity index (χ4v) is 2.41. The van der Waals surface area contributed by atoms with Crippen molar-refractivity contribution >= 4 is 21.6 Å². The molecule has 0 spiro atoms. The number of aromatic nitrogens is 3. The zero-order chi connectivity index (χ0) is 11.8. The van der Waals surface area contributed by atoms with Crippen LogP contribution < -0.4 is 5.32 Å². The Labute approximate surface area is 108 Å². The lowest BCUT2D eigenvalue weighted by molar-refractivity contribution is 0.235. The third-order valence-corrected chi connectivity index (χ3v) is 3.50. The quantitative estimate of drug-likeness (QED) is 0.855. The van der Waals surface area contributed by atoms with E-state index in [2.05, 4.69) is 43.3 Å². The Kier molecular flexibility index (Phi) is 2.85. The Hall–Kier alpha value is -0.980. The number of likely N-dealkylation sites (N-methyl/N-ethyl adjacent to an activating group) is 1. The Morgan fingerprint density at radius 2 is 2.41 bits per heavy atom. The summed E-state index contributed by atoms with van der Waals surface area (Å²) in [5.74, 6) is 0.870. The normalized spacial score (nSPS) is 22.1. The standard InChI is InChI=1S/C11H14BrN5/c1-16-5-3-13-9(7-16)11-14-10-6-8(12)2-4-17(10)15-11/h2,4,6,9,13H,3,5,7H2,1H3. The molecule has 3 rings (SSSR count). The number of nitrogens with one attached hydrogen (secondary N) is 1. The summed E-state index contributed by atoms with van der Waals surface area (Å²) in [5.41, 5.74) is 0.879. The van der Waals surface area contributed by atoms with Crippen molar-refractivity contribution < 1.29 is 0 Å². The molecule has 0 saturated carbocycles. The average Bonchev–Trinajstić information content (AvgIpc) is 2.72. The van der Waals surface area contributed by atoms with Crippen LogP contribution in [0.1, 0.15) is 11.9 Å². The number of piperazine rings is 1. The third-order valence-electron chi connectivity index (χ3n) is 3.01. The minimum absolute atomic E-state index is 0.229. The number of halogens is 1. The number of rotatable bonds is 1. The molecule has 17 heavy (non-hydrogen) atoms. The summed E-state index contributed by atoms with van der Waals surface area (Å²) < 4.78 is 2.84. The summed E-state index contributed by atoms with van der Waals surface area (Å²) in [4.78, 5) is 6.86. The molecule has 2 aromatic rings. The first-order chi connectivity index (χ1) is 8.22. The molecule has 1 N–H and O–H groups in total. The topological polar surface area (TPSA) is 45.5 Å². The number of hydrogen-bond acceptors (Lipinski definition) is 4. The molecule has 0 bridgehead atoms. The SMILES string of the molecule is CN1CCNC(c2nc3cc(Br)ccn3n2)C1. The Morgan fingerprint density at radius 3 is 3.24 bits per heavy atom. The fourth-order valence-electron chi connectivity index (χ4n) is 2.09. The highest BCUT2D eigenvalue weighted by atomic mass is 79.9. The van der Waals surface area contributed by atoms with Gasteiger partial charge in [0.25, 0.3) is 0 Å². The lowest BCUT2D eigenvalue weighted by atomic mass is 10.2. The van der Waals surface area contributed by atoms with E-state index in [1.54, 1.807) is 0 Å². The van der Waals surface area contributed by atoms with Crippen LogP contribution in [-0.2, 0) is 0 Å². The first-order valence-electron chi connectivity index (χ1n) is 5.66. The third kappa shape index (κ3) is 2.20. The maximum absolute atomic E-state index is 4.56. The smallest absolute Gasteiger partial charge is 0.169 e. The highest BCUT2D eigenvalue weighted by Gasteiger charge is 2.21. The van der Waals surface area contributed by atoms with Gasteiger partial charge in [-0.25, -0.2) is 9.50 Å². The molecule has 1 saturated heterocycles. The molecule has 0 aromatic carbocycles. The molecule has 6 heteroatoms. The van der Waals surface area contributed by atoms with E-state index in [0.717, 1.165) is 35.6 Å². The van der Waals surface area contributed by atoms with E-state index >= 15 is 0 Å². The molecule has 0 amide bonds. The zero-order valence-electron chi connectivity index (χ0n) is 9.60. The largest absolute Gasteiger partial charge is 0.305 e. The van der Waals surface area contributed by atoms with Crippen LogP contribution in [0.5, 0.6) is 0 Å². The first kappa shape index (κ1) is 11.1. The molecule has 1 aliphatic rings. The Morgan fingerprint density at radius 1 is 1.53 bits per heavy atom. The maximum atomic E-state index is 4.56. The summed E-state index contributed by atoms with van der Waals surface area (Å²) in [6.07, 6.45) is 1.92. The van der Waals surface area contributed by atoms with E-state index in [1.807, 2.05) is 22.8 Å². The molecular formula is C11H14BrN5. The van der Waals surface area contributed by atoms with Gasteiger partial charge in [-0.15, -0.1) is 5.10 Å². The monoisotopic (exact) mass is 295 g/mol. The molecule has 2 aromatic heterocycles. The van der Waals surface area contributed by atoms with Crippen molar-refractivity contribution in [3.8, 4) is 0 Å². The molecule has 1 fully saturated rings. The van der Waals surface area contributed by atoms with Crippen LogP contribution in [0.25, 0.3) is 5.65 Å². The van der Waals surface area contributed by atoms with Crippen LogP contribution in [0.2, 0.25) is 0 Å². The summed E-state index contributed by atoms with van der Waals surface area (Å²) in [6, 6.07) is 4.17. The van der Waals surface area contributed by atoms with Crippen molar-refractivity contribution in [1.29, 1.82) is 0 Å². The van der Waals surface area contributed by atoms with Gasteiger partial charge in [-0.1, -0.05) is 15.9 Å². The lowest BCUT2D eigenvalue weighted by Crippen LogP contribution is -2.44. The van der Waals surface area contributed by atoms with E-state index in [0.29, 0.717) is 0 Å². The number of hydrogen-bond donors (Lipinski definition) is 1. The minimum Gasteiger partial charge on any atom is -0.305 e. The van der Waals surface area contributed by atoms with Gasteiger partial charge in [0.15, 0.2) is 11.5 Å². The van der Waals surface area contributed by atoms with E-state index in [1.165, 1.54) is 0 Å². The zero-order valence-corrected chi connectivity index (χ0v) is 11.2. The van der Waals surface area contributed by atoms with Crippen LogP contribution in [-0.4, -0.2) is 46.2 Å². The lowest BCUT2D eigenvalue weighted by Gasteiger charge is -2.28. The predicted molar refractivity (Wildman–Crippen MR) is 68.9 cm³/mol. The number of nitrogens with zero attached hydrogens (tertiary/aromatic N) is 4. The second kappa shape index (κ2) is 4.36. The van der Waals surface area contributed by atoms with Crippen molar-refractivity contribution in [2.24, 2.45) is 0 Å². The molecule has 1 atom stereocenters. The van der Waals surface area contributed by atoms with E-state index < -0.39 is 0 Å².